The Bertz CT molecular complexity index is 334. The molecular weight excluding hydrogens is 180 g/mol. The molecular formula is C11H14O3. The van der Waals surface area contributed by atoms with Crippen molar-refractivity contribution in [3.8, 4) is 0 Å². The van der Waals surface area contributed by atoms with Crippen LogP contribution in [-0.2, 0) is 14.3 Å². The zero-order valence-corrected chi connectivity index (χ0v) is 8.72. The van der Waals surface area contributed by atoms with Gasteiger partial charge in [-0.05, 0) is 23.5 Å². The van der Waals surface area contributed by atoms with Crippen LogP contribution in [-0.4, -0.2) is 11.8 Å². The van der Waals surface area contributed by atoms with Crippen molar-refractivity contribution in [2.45, 2.75) is 27.2 Å². The molecule has 3 nitrogen and oxygen atoms in total. The number of carbonyl (C=O) groups excluding carboxylic acids is 2. The van der Waals surface area contributed by atoms with Crippen molar-refractivity contribution in [1.29, 1.82) is 0 Å². The smallest absolute Gasteiger partial charge is 0.308 e. The molecule has 0 saturated carbocycles. The standard InChI is InChI=1S/C11H14O3/c1-7-5-11(3,4)6-9(10(7)13)14-8(2)12/h6H,1,5H2,2-4H3. The highest BCUT2D eigenvalue weighted by molar-refractivity contribution is 6.08. The van der Waals surface area contributed by atoms with Crippen molar-refractivity contribution < 1.29 is 14.3 Å². The van der Waals surface area contributed by atoms with Gasteiger partial charge < -0.3 is 4.74 Å². The SMILES string of the molecule is C=C1CC(C)(C)C=C(OC(C)=O)C1=O. The van der Waals surface area contributed by atoms with Gasteiger partial charge >= 0.3 is 5.97 Å². The molecule has 3 heteroatoms. The maximum Gasteiger partial charge on any atom is 0.308 e. The van der Waals surface area contributed by atoms with Crippen LogP contribution >= 0.6 is 0 Å². The molecule has 76 valence electrons. The van der Waals surface area contributed by atoms with E-state index in [-0.39, 0.29) is 17.0 Å². The average molecular weight is 194 g/mol. The van der Waals surface area contributed by atoms with Gasteiger partial charge in [0.25, 0.3) is 0 Å². The molecule has 14 heavy (non-hydrogen) atoms. The number of ether oxygens (including phenoxy) is 1. The normalized spacial score (nSPS) is 20.4. The predicted octanol–water partition coefficient (Wildman–Crippen LogP) is 1.99. The first-order chi connectivity index (χ1) is 6.32. The predicted molar refractivity (Wildman–Crippen MR) is 52.4 cm³/mol. The van der Waals surface area contributed by atoms with E-state index in [2.05, 4.69) is 6.58 Å². The monoisotopic (exact) mass is 194 g/mol. The first kappa shape index (κ1) is 10.7. The van der Waals surface area contributed by atoms with Crippen molar-refractivity contribution in [3.63, 3.8) is 0 Å². The molecule has 0 radical (unpaired) electrons. The molecule has 1 aliphatic carbocycles. The lowest BCUT2D eigenvalue weighted by molar-refractivity contribution is -0.140. The summed E-state index contributed by atoms with van der Waals surface area (Å²) in [5.74, 6) is -0.631. The third kappa shape index (κ3) is 2.31. The number of esters is 1. The highest BCUT2D eigenvalue weighted by atomic mass is 16.5. The van der Waals surface area contributed by atoms with Gasteiger partial charge in [0.05, 0.1) is 0 Å². The molecule has 0 spiro atoms. The summed E-state index contributed by atoms with van der Waals surface area (Å²) in [7, 11) is 0. The summed E-state index contributed by atoms with van der Waals surface area (Å²) in [6, 6.07) is 0. The van der Waals surface area contributed by atoms with Gasteiger partial charge in [-0.25, -0.2) is 0 Å². The van der Waals surface area contributed by atoms with E-state index in [4.69, 9.17) is 4.74 Å². The second-order valence-corrected chi connectivity index (χ2v) is 4.20. The number of Topliss-reactive ketones (excluding diaryl/α,β-unsaturated/α-hetero) is 1. The Balaban J connectivity index is 3.00. The summed E-state index contributed by atoms with van der Waals surface area (Å²) in [6.07, 6.45) is 2.29. The molecule has 0 saturated heterocycles. The maximum absolute atomic E-state index is 11.5. The summed E-state index contributed by atoms with van der Waals surface area (Å²) in [6.45, 7) is 8.88. The molecule has 1 aliphatic rings. The number of rotatable bonds is 1. The Kier molecular flexibility index (Phi) is 2.60. The van der Waals surface area contributed by atoms with E-state index in [9.17, 15) is 9.59 Å². The molecule has 0 heterocycles. The van der Waals surface area contributed by atoms with Crippen molar-refractivity contribution in [1.82, 2.24) is 0 Å². The fourth-order valence-corrected chi connectivity index (χ4v) is 1.51. The molecule has 0 aromatic heterocycles. The van der Waals surface area contributed by atoms with E-state index in [0.717, 1.165) is 0 Å². The molecule has 0 amide bonds. The fraction of sp³-hybridized carbons (Fsp3) is 0.455. The summed E-state index contributed by atoms with van der Waals surface area (Å²) in [4.78, 5) is 22.2. The number of hydrogen-bond acceptors (Lipinski definition) is 3. The average Bonchev–Trinajstić information content (AvgIpc) is 1.97. The maximum atomic E-state index is 11.5. The molecule has 0 aromatic rings. The topological polar surface area (TPSA) is 43.4 Å². The highest BCUT2D eigenvalue weighted by Crippen LogP contribution is 2.34. The quantitative estimate of drug-likeness (QED) is 0.473. The fourth-order valence-electron chi connectivity index (χ4n) is 1.51. The number of hydrogen-bond donors (Lipinski definition) is 0. The number of ketones is 1. The first-order valence-electron chi connectivity index (χ1n) is 4.45. The third-order valence-corrected chi connectivity index (χ3v) is 1.99. The van der Waals surface area contributed by atoms with E-state index in [1.807, 2.05) is 13.8 Å². The molecule has 0 fully saturated rings. The van der Waals surface area contributed by atoms with Gasteiger partial charge in [-0.1, -0.05) is 20.4 Å². The highest BCUT2D eigenvalue weighted by Gasteiger charge is 2.30. The van der Waals surface area contributed by atoms with Crippen LogP contribution in [0.5, 0.6) is 0 Å². The van der Waals surface area contributed by atoms with Crippen LogP contribution in [0.2, 0.25) is 0 Å². The van der Waals surface area contributed by atoms with E-state index in [1.165, 1.54) is 6.92 Å². The van der Waals surface area contributed by atoms with E-state index in [0.29, 0.717) is 12.0 Å². The van der Waals surface area contributed by atoms with E-state index < -0.39 is 5.97 Å². The third-order valence-electron chi connectivity index (χ3n) is 1.99. The van der Waals surface area contributed by atoms with Crippen LogP contribution in [0, 0.1) is 5.41 Å². The van der Waals surface area contributed by atoms with Crippen molar-refractivity contribution in [2.24, 2.45) is 5.41 Å². The number of allylic oxidation sites excluding steroid dienone is 2. The van der Waals surface area contributed by atoms with Gasteiger partial charge in [0.15, 0.2) is 5.76 Å². The summed E-state index contributed by atoms with van der Waals surface area (Å²) in [5, 5.41) is 0. The Morgan fingerprint density at radius 1 is 1.57 bits per heavy atom. The molecule has 0 aromatic carbocycles. The minimum Gasteiger partial charge on any atom is -0.423 e. The lowest BCUT2D eigenvalue weighted by atomic mass is 9.79. The van der Waals surface area contributed by atoms with Crippen molar-refractivity contribution >= 4 is 11.8 Å². The molecule has 0 bridgehead atoms. The van der Waals surface area contributed by atoms with Gasteiger partial charge in [0.1, 0.15) is 0 Å². The zero-order valence-electron chi connectivity index (χ0n) is 8.72. The van der Waals surface area contributed by atoms with Crippen LogP contribution in [0.4, 0.5) is 0 Å². The van der Waals surface area contributed by atoms with Gasteiger partial charge in [-0.15, -0.1) is 0 Å². The minimum atomic E-state index is -0.477. The van der Waals surface area contributed by atoms with Crippen LogP contribution in [0.3, 0.4) is 0 Å². The Morgan fingerprint density at radius 3 is 2.64 bits per heavy atom. The van der Waals surface area contributed by atoms with Gasteiger partial charge in [-0.3, -0.25) is 9.59 Å². The lowest BCUT2D eigenvalue weighted by Crippen LogP contribution is -2.24. The number of carbonyl (C=O) groups is 2. The largest absolute Gasteiger partial charge is 0.423 e. The van der Waals surface area contributed by atoms with Gasteiger partial charge in [-0.2, -0.15) is 0 Å². The van der Waals surface area contributed by atoms with Crippen LogP contribution in [0.1, 0.15) is 27.2 Å². The van der Waals surface area contributed by atoms with Crippen LogP contribution in [0.15, 0.2) is 24.0 Å². The van der Waals surface area contributed by atoms with Gasteiger partial charge in [0.2, 0.25) is 5.78 Å². The molecule has 0 aliphatic heterocycles. The molecule has 1 rings (SSSR count). The first-order valence-corrected chi connectivity index (χ1v) is 4.45. The zero-order chi connectivity index (χ0) is 10.9. The second kappa shape index (κ2) is 3.40. The summed E-state index contributed by atoms with van der Waals surface area (Å²) in [5.41, 5.74) is 0.323. The van der Waals surface area contributed by atoms with Crippen molar-refractivity contribution in [3.05, 3.63) is 24.0 Å². The molecule has 0 N–H and O–H groups in total. The van der Waals surface area contributed by atoms with Crippen LogP contribution < -0.4 is 0 Å². The summed E-state index contributed by atoms with van der Waals surface area (Å²) >= 11 is 0. The minimum absolute atomic E-state index is 0.110. The molecule has 0 atom stereocenters. The molecule has 0 unspecified atom stereocenters. The van der Waals surface area contributed by atoms with E-state index in [1.54, 1.807) is 6.08 Å². The second-order valence-electron chi connectivity index (χ2n) is 4.20. The Labute approximate surface area is 83.4 Å². The Hall–Kier alpha value is -1.38. The Morgan fingerprint density at radius 2 is 2.14 bits per heavy atom. The van der Waals surface area contributed by atoms with Crippen molar-refractivity contribution in [2.75, 3.05) is 0 Å². The summed E-state index contributed by atoms with van der Waals surface area (Å²) < 4.78 is 4.82. The van der Waals surface area contributed by atoms with E-state index >= 15 is 0 Å². The van der Waals surface area contributed by atoms with Crippen LogP contribution in [0.25, 0.3) is 0 Å². The van der Waals surface area contributed by atoms with Gasteiger partial charge in [0, 0.05) is 6.92 Å². The lowest BCUT2D eigenvalue weighted by Gasteiger charge is -2.26.